The number of rotatable bonds is 4. The second kappa shape index (κ2) is 6.18. The van der Waals surface area contributed by atoms with Gasteiger partial charge in [-0.05, 0) is 44.7 Å². The van der Waals surface area contributed by atoms with Crippen molar-refractivity contribution in [1.29, 1.82) is 0 Å². The summed E-state index contributed by atoms with van der Waals surface area (Å²) in [6.45, 7) is 2.73. The lowest BCUT2D eigenvalue weighted by molar-refractivity contribution is -0.140. The number of carbonyl (C=O) groups excluding carboxylic acids is 1. The number of likely N-dealkylation sites (tertiary alicyclic amines) is 1. The monoisotopic (exact) mass is 254 g/mol. The molecule has 1 unspecified atom stereocenters. The minimum absolute atomic E-state index is 0.0725. The molecule has 0 aromatic carbocycles. The van der Waals surface area contributed by atoms with Gasteiger partial charge in [0.1, 0.15) is 0 Å². The smallest absolute Gasteiger partial charge is 0.305 e. The van der Waals surface area contributed by atoms with E-state index in [1.54, 1.807) is 4.90 Å². The molecule has 0 bridgehead atoms. The number of aliphatic carboxylic acids is 1. The number of carbonyl (C=O) groups is 2. The first-order valence-electron chi connectivity index (χ1n) is 6.89. The molecule has 0 saturated carbocycles. The summed E-state index contributed by atoms with van der Waals surface area (Å²) in [5.41, 5.74) is 0. The van der Waals surface area contributed by atoms with Crippen molar-refractivity contribution in [3.63, 3.8) is 0 Å². The number of carboxylic acid groups (broad SMARTS) is 1. The summed E-state index contributed by atoms with van der Waals surface area (Å²) in [5, 5.41) is 12.1. The van der Waals surface area contributed by atoms with Crippen LogP contribution >= 0.6 is 0 Å². The summed E-state index contributed by atoms with van der Waals surface area (Å²) in [6, 6.07) is -0.0725. The molecule has 2 heterocycles. The maximum absolute atomic E-state index is 12.2. The van der Waals surface area contributed by atoms with Crippen molar-refractivity contribution in [1.82, 2.24) is 10.2 Å². The lowest BCUT2D eigenvalue weighted by Crippen LogP contribution is -2.39. The predicted octanol–water partition coefficient (Wildman–Crippen LogP) is 0.842. The minimum Gasteiger partial charge on any atom is -0.481 e. The third-order valence-corrected chi connectivity index (χ3v) is 4.03. The third-order valence-electron chi connectivity index (χ3n) is 4.03. The Morgan fingerprint density at radius 3 is 2.56 bits per heavy atom. The molecule has 2 aliphatic heterocycles. The van der Waals surface area contributed by atoms with Crippen LogP contribution in [0, 0.1) is 5.92 Å². The van der Waals surface area contributed by atoms with Crippen molar-refractivity contribution < 1.29 is 14.7 Å². The lowest BCUT2D eigenvalue weighted by atomic mass is 9.94. The van der Waals surface area contributed by atoms with Gasteiger partial charge in [0.2, 0.25) is 5.91 Å². The molecule has 0 spiro atoms. The van der Waals surface area contributed by atoms with Crippen molar-refractivity contribution in [2.45, 2.75) is 44.6 Å². The molecule has 2 N–H and O–H groups in total. The summed E-state index contributed by atoms with van der Waals surface area (Å²) in [7, 11) is 0. The molecule has 1 amide bonds. The molecule has 102 valence electrons. The summed E-state index contributed by atoms with van der Waals surface area (Å²) in [5.74, 6) is -0.169. The Hall–Kier alpha value is -1.10. The molecule has 0 aliphatic carbocycles. The van der Waals surface area contributed by atoms with Gasteiger partial charge in [-0.15, -0.1) is 0 Å². The van der Waals surface area contributed by atoms with E-state index >= 15 is 0 Å². The van der Waals surface area contributed by atoms with Gasteiger partial charge in [0.05, 0.1) is 6.42 Å². The zero-order valence-corrected chi connectivity index (χ0v) is 10.7. The molecule has 18 heavy (non-hydrogen) atoms. The van der Waals surface area contributed by atoms with Crippen LogP contribution in [-0.2, 0) is 9.59 Å². The van der Waals surface area contributed by atoms with Gasteiger partial charge < -0.3 is 15.3 Å². The topological polar surface area (TPSA) is 69.6 Å². The van der Waals surface area contributed by atoms with E-state index < -0.39 is 5.97 Å². The largest absolute Gasteiger partial charge is 0.481 e. The van der Waals surface area contributed by atoms with Crippen LogP contribution in [0.2, 0.25) is 0 Å². The Balaban J connectivity index is 1.84. The highest BCUT2D eigenvalue weighted by Crippen LogP contribution is 2.24. The van der Waals surface area contributed by atoms with Crippen LogP contribution in [0.3, 0.4) is 0 Å². The zero-order valence-electron chi connectivity index (χ0n) is 10.7. The average molecular weight is 254 g/mol. The Bertz CT molecular complexity index is 313. The standard InChI is InChI=1S/C13H22N2O3/c16-12(8-10-3-5-14-6-4-10)15-7-1-2-11(15)9-13(17)18/h10-11,14H,1-9H2,(H,17,18). The van der Waals surface area contributed by atoms with E-state index in [4.69, 9.17) is 5.11 Å². The number of amides is 1. The minimum atomic E-state index is -0.804. The maximum atomic E-state index is 12.2. The van der Waals surface area contributed by atoms with E-state index in [1.165, 1.54) is 0 Å². The van der Waals surface area contributed by atoms with Gasteiger partial charge in [-0.2, -0.15) is 0 Å². The SMILES string of the molecule is O=C(O)CC1CCCN1C(=O)CC1CCNCC1. The Morgan fingerprint density at radius 1 is 1.17 bits per heavy atom. The molecule has 2 aliphatic rings. The van der Waals surface area contributed by atoms with E-state index in [2.05, 4.69) is 5.32 Å². The van der Waals surface area contributed by atoms with Crippen molar-refractivity contribution >= 4 is 11.9 Å². The van der Waals surface area contributed by atoms with Crippen LogP contribution in [0.15, 0.2) is 0 Å². The van der Waals surface area contributed by atoms with Gasteiger partial charge in [-0.1, -0.05) is 0 Å². The van der Waals surface area contributed by atoms with Crippen LogP contribution in [0.5, 0.6) is 0 Å². The number of hydrogen-bond acceptors (Lipinski definition) is 3. The van der Waals surface area contributed by atoms with E-state index in [-0.39, 0.29) is 18.4 Å². The fraction of sp³-hybridized carbons (Fsp3) is 0.846. The fourth-order valence-electron chi connectivity index (χ4n) is 3.03. The highest BCUT2D eigenvalue weighted by molar-refractivity contribution is 5.78. The summed E-state index contributed by atoms with van der Waals surface area (Å²) in [4.78, 5) is 24.8. The highest BCUT2D eigenvalue weighted by Gasteiger charge is 2.31. The van der Waals surface area contributed by atoms with E-state index in [1.807, 2.05) is 0 Å². The third kappa shape index (κ3) is 3.45. The summed E-state index contributed by atoms with van der Waals surface area (Å²) >= 11 is 0. The molecule has 2 rings (SSSR count). The van der Waals surface area contributed by atoms with Crippen LogP contribution in [-0.4, -0.2) is 47.6 Å². The summed E-state index contributed by atoms with van der Waals surface area (Å²) in [6.07, 6.45) is 4.59. The maximum Gasteiger partial charge on any atom is 0.305 e. The van der Waals surface area contributed by atoms with Gasteiger partial charge in [0.15, 0.2) is 0 Å². The second-order valence-corrected chi connectivity index (χ2v) is 5.38. The van der Waals surface area contributed by atoms with Gasteiger partial charge >= 0.3 is 5.97 Å². The molecule has 5 heteroatoms. The van der Waals surface area contributed by atoms with Crippen molar-refractivity contribution in [2.75, 3.05) is 19.6 Å². The van der Waals surface area contributed by atoms with Crippen LogP contribution in [0.25, 0.3) is 0 Å². The van der Waals surface area contributed by atoms with E-state index in [9.17, 15) is 9.59 Å². The first-order chi connectivity index (χ1) is 8.66. The highest BCUT2D eigenvalue weighted by atomic mass is 16.4. The first kappa shape index (κ1) is 13.3. The van der Waals surface area contributed by atoms with Crippen molar-refractivity contribution in [2.24, 2.45) is 5.92 Å². The quantitative estimate of drug-likeness (QED) is 0.780. The number of hydrogen-bond donors (Lipinski definition) is 2. The Morgan fingerprint density at radius 2 is 1.89 bits per heavy atom. The van der Waals surface area contributed by atoms with Crippen LogP contribution in [0.4, 0.5) is 0 Å². The zero-order chi connectivity index (χ0) is 13.0. The van der Waals surface area contributed by atoms with Gasteiger partial charge in [-0.25, -0.2) is 0 Å². The Kier molecular flexibility index (Phi) is 4.58. The second-order valence-electron chi connectivity index (χ2n) is 5.38. The molecule has 2 fully saturated rings. The lowest BCUT2D eigenvalue weighted by Gasteiger charge is -2.27. The molecule has 2 saturated heterocycles. The van der Waals surface area contributed by atoms with Crippen molar-refractivity contribution in [3.8, 4) is 0 Å². The van der Waals surface area contributed by atoms with Gasteiger partial charge in [-0.3, -0.25) is 9.59 Å². The average Bonchev–Trinajstić information content (AvgIpc) is 2.77. The number of piperidine rings is 1. The normalized spacial score (nSPS) is 25.3. The number of nitrogens with zero attached hydrogens (tertiary/aromatic N) is 1. The Labute approximate surface area is 108 Å². The predicted molar refractivity (Wildman–Crippen MR) is 67.2 cm³/mol. The molecular formula is C13H22N2O3. The molecule has 0 aromatic rings. The first-order valence-corrected chi connectivity index (χ1v) is 6.89. The number of nitrogens with one attached hydrogen (secondary N) is 1. The van der Waals surface area contributed by atoms with Gasteiger partial charge in [0.25, 0.3) is 0 Å². The molecule has 1 atom stereocenters. The number of carboxylic acids is 1. The van der Waals surface area contributed by atoms with E-state index in [0.717, 1.165) is 45.3 Å². The van der Waals surface area contributed by atoms with Crippen LogP contribution in [0.1, 0.15) is 38.5 Å². The molecule has 5 nitrogen and oxygen atoms in total. The molecular weight excluding hydrogens is 232 g/mol. The van der Waals surface area contributed by atoms with Crippen molar-refractivity contribution in [3.05, 3.63) is 0 Å². The fourth-order valence-corrected chi connectivity index (χ4v) is 3.03. The van der Waals surface area contributed by atoms with E-state index in [0.29, 0.717) is 12.3 Å². The summed E-state index contributed by atoms with van der Waals surface area (Å²) < 4.78 is 0. The molecule has 0 aromatic heterocycles. The van der Waals surface area contributed by atoms with Crippen LogP contribution < -0.4 is 5.32 Å². The molecule has 0 radical (unpaired) electrons. The van der Waals surface area contributed by atoms with Gasteiger partial charge in [0, 0.05) is 19.0 Å².